The third-order valence-electron chi connectivity index (χ3n) is 3.95. The molecule has 1 fully saturated rings. The van der Waals surface area contributed by atoms with Gasteiger partial charge in [-0.15, -0.1) is 0 Å². The van der Waals surface area contributed by atoms with Crippen LogP contribution >= 0.6 is 0 Å². The van der Waals surface area contributed by atoms with E-state index in [1.807, 2.05) is 12.1 Å². The molecule has 1 saturated heterocycles. The van der Waals surface area contributed by atoms with E-state index in [9.17, 15) is 0 Å². The number of ether oxygens (including phenoxy) is 3. The summed E-state index contributed by atoms with van der Waals surface area (Å²) in [5, 5.41) is 0. The Hall–Kier alpha value is -1.62. The second-order valence-electron chi connectivity index (χ2n) is 5.46. The van der Waals surface area contributed by atoms with E-state index in [0.29, 0.717) is 19.1 Å². The highest BCUT2D eigenvalue weighted by molar-refractivity contribution is 5.73. The van der Waals surface area contributed by atoms with Crippen LogP contribution in [0.25, 0.3) is 0 Å². The minimum absolute atomic E-state index is 0.571. The molecule has 1 aromatic carbocycles. The molecule has 20 heavy (non-hydrogen) atoms. The molecule has 0 amide bonds. The molecular weight excluding hydrogens is 256 g/mol. The van der Waals surface area contributed by atoms with Crippen molar-refractivity contribution >= 4 is 11.4 Å². The fourth-order valence-corrected chi connectivity index (χ4v) is 3.02. The molecule has 0 spiro atoms. The molecule has 1 atom stereocenters. The van der Waals surface area contributed by atoms with Crippen LogP contribution in [0.4, 0.5) is 11.4 Å². The Morgan fingerprint density at radius 2 is 2.05 bits per heavy atom. The largest absolute Gasteiger partial charge is 0.486 e. The summed E-state index contributed by atoms with van der Waals surface area (Å²) in [7, 11) is 1.76. The van der Waals surface area contributed by atoms with Gasteiger partial charge in [0.15, 0.2) is 11.5 Å². The number of fused-ring (bicyclic) bond motifs is 1. The van der Waals surface area contributed by atoms with Crippen LogP contribution in [0, 0.1) is 5.92 Å². The Balaban J connectivity index is 1.82. The molecule has 5 nitrogen and oxygen atoms in total. The lowest BCUT2D eigenvalue weighted by Gasteiger charge is -2.35. The molecule has 0 aliphatic carbocycles. The van der Waals surface area contributed by atoms with Crippen LogP contribution in [0.2, 0.25) is 0 Å². The molecular formula is C15H22N2O3. The Labute approximate surface area is 119 Å². The number of hydrogen-bond donors (Lipinski definition) is 1. The topological polar surface area (TPSA) is 57.0 Å². The second kappa shape index (κ2) is 5.79. The number of nitrogen functional groups attached to an aromatic ring is 1. The zero-order valence-corrected chi connectivity index (χ0v) is 11.9. The molecule has 0 radical (unpaired) electrons. The van der Waals surface area contributed by atoms with Crippen molar-refractivity contribution in [2.24, 2.45) is 5.92 Å². The van der Waals surface area contributed by atoms with E-state index in [-0.39, 0.29) is 0 Å². The molecule has 2 heterocycles. The first kappa shape index (κ1) is 13.4. The molecule has 3 rings (SSSR count). The van der Waals surface area contributed by atoms with Crippen molar-refractivity contribution in [3.8, 4) is 11.5 Å². The van der Waals surface area contributed by atoms with Gasteiger partial charge in [-0.3, -0.25) is 0 Å². The maximum absolute atomic E-state index is 6.19. The number of piperidine rings is 1. The first-order chi connectivity index (χ1) is 9.78. The van der Waals surface area contributed by atoms with E-state index in [1.165, 1.54) is 12.8 Å². The first-order valence-electron chi connectivity index (χ1n) is 7.21. The number of benzene rings is 1. The van der Waals surface area contributed by atoms with Gasteiger partial charge < -0.3 is 24.8 Å². The zero-order valence-electron chi connectivity index (χ0n) is 11.9. The molecule has 2 aliphatic rings. The first-order valence-corrected chi connectivity index (χ1v) is 7.21. The SMILES string of the molecule is COCC1CCCN(c2cc3c(cc2N)OCCO3)C1. The van der Waals surface area contributed by atoms with Gasteiger partial charge in [-0.1, -0.05) is 0 Å². The summed E-state index contributed by atoms with van der Waals surface area (Å²) in [6.45, 7) is 4.01. The van der Waals surface area contributed by atoms with E-state index in [1.54, 1.807) is 7.11 Å². The maximum atomic E-state index is 6.19. The highest BCUT2D eigenvalue weighted by atomic mass is 16.6. The molecule has 0 bridgehead atoms. The molecule has 1 unspecified atom stereocenters. The van der Waals surface area contributed by atoms with Crippen molar-refractivity contribution < 1.29 is 14.2 Å². The number of nitrogens with zero attached hydrogens (tertiary/aromatic N) is 1. The molecule has 2 N–H and O–H groups in total. The van der Waals surface area contributed by atoms with E-state index < -0.39 is 0 Å². The summed E-state index contributed by atoms with van der Waals surface area (Å²) >= 11 is 0. The summed E-state index contributed by atoms with van der Waals surface area (Å²) in [6.07, 6.45) is 2.39. The Bertz CT molecular complexity index is 476. The third-order valence-corrected chi connectivity index (χ3v) is 3.95. The molecule has 110 valence electrons. The van der Waals surface area contributed by atoms with Gasteiger partial charge in [-0.2, -0.15) is 0 Å². The van der Waals surface area contributed by atoms with E-state index in [2.05, 4.69) is 4.90 Å². The molecule has 5 heteroatoms. The van der Waals surface area contributed by atoms with Crippen LogP contribution in [0.5, 0.6) is 11.5 Å². The van der Waals surface area contributed by atoms with Gasteiger partial charge in [0.2, 0.25) is 0 Å². The van der Waals surface area contributed by atoms with Crippen LogP contribution in [-0.2, 0) is 4.74 Å². The lowest BCUT2D eigenvalue weighted by atomic mass is 9.98. The van der Waals surface area contributed by atoms with Crippen molar-refractivity contribution in [1.29, 1.82) is 0 Å². The van der Waals surface area contributed by atoms with Crippen molar-refractivity contribution in [3.63, 3.8) is 0 Å². The standard InChI is InChI=1S/C15H22N2O3/c1-18-10-11-3-2-4-17(9-11)13-8-15-14(7-12(13)16)19-5-6-20-15/h7-8,11H,2-6,9-10,16H2,1H3. The summed E-state index contributed by atoms with van der Waals surface area (Å²) < 4.78 is 16.5. The minimum atomic E-state index is 0.571. The van der Waals surface area contributed by atoms with Gasteiger partial charge in [0.05, 0.1) is 18.0 Å². The minimum Gasteiger partial charge on any atom is -0.486 e. The average molecular weight is 278 g/mol. The Morgan fingerprint density at radius 3 is 2.80 bits per heavy atom. The van der Waals surface area contributed by atoms with Gasteiger partial charge in [0, 0.05) is 32.3 Å². The fourth-order valence-electron chi connectivity index (χ4n) is 3.02. The Morgan fingerprint density at radius 1 is 1.30 bits per heavy atom. The Kier molecular flexibility index (Phi) is 3.87. The van der Waals surface area contributed by atoms with Crippen LogP contribution in [0.3, 0.4) is 0 Å². The number of hydrogen-bond acceptors (Lipinski definition) is 5. The van der Waals surface area contributed by atoms with E-state index >= 15 is 0 Å². The smallest absolute Gasteiger partial charge is 0.163 e. The van der Waals surface area contributed by atoms with Gasteiger partial charge in [-0.25, -0.2) is 0 Å². The number of nitrogens with two attached hydrogens (primary N) is 1. The predicted octanol–water partition coefficient (Wildman–Crippen LogP) is 1.90. The van der Waals surface area contributed by atoms with Gasteiger partial charge >= 0.3 is 0 Å². The van der Waals surface area contributed by atoms with Crippen molar-refractivity contribution in [3.05, 3.63) is 12.1 Å². The lowest BCUT2D eigenvalue weighted by molar-refractivity contribution is 0.143. The lowest BCUT2D eigenvalue weighted by Crippen LogP contribution is -2.37. The van der Waals surface area contributed by atoms with Crippen LogP contribution in [0.15, 0.2) is 12.1 Å². The molecule has 2 aliphatic heterocycles. The summed E-state index contributed by atoms with van der Waals surface area (Å²) in [6, 6.07) is 3.89. The zero-order chi connectivity index (χ0) is 13.9. The third kappa shape index (κ3) is 2.63. The number of anilines is 2. The number of methoxy groups -OCH3 is 1. The summed E-state index contributed by atoms with van der Waals surface area (Å²) in [5.74, 6) is 2.12. The normalized spacial score (nSPS) is 21.9. The van der Waals surface area contributed by atoms with Gasteiger partial charge in [0.25, 0.3) is 0 Å². The monoisotopic (exact) mass is 278 g/mol. The van der Waals surface area contributed by atoms with E-state index in [0.717, 1.165) is 42.6 Å². The maximum Gasteiger partial charge on any atom is 0.163 e. The summed E-state index contributed by atoms with van der Waals surface area (Å²) in [5.41, 5.74) is 7.99. The van der Waals surface area contributed by atoms with Gasteiger partial charge in [0.1, 0.15) is 13.2 Å². The van der Waals surface area contributed by atoms with Crippen LogP contribution in [-0.4, -0.2) is 40.0 Å². The van der Waals surface area contributed by atoms with Crippen LogP contribution in [0.1, 0.15) is 12.8 Å². The van der Waals surface area contributed by atoms with Crippen LogP contribution < -0.4 is 20.1 Å². The summed E-state index contributed by atoms with van der Waals surface area (Å²) in [4.78, 5) is 2.33. The van der Waals surface area contributed by atoms with Crippen molar-refractivity contribution in [2.45, 2.75) is 12.8 Å². The quantitative estimate of drug-likeness (QED) is 0.856. The van der Waals surface area contributed by atoms with Crippen molar-refractivity contribution in [2.75, 3.05) is 50.7 Å². The van der Waals surface area contributed by atoms with Gasteiger partial charge in [-0.05, 0) is 18.8 Å². The molecule has 0 saturated carbocycles. The highest BCUT2D eigenvalue weighted by Gasteiger charge is 2.23. The highest BCUT2D eigenvalue weighted by Crippen LogP contribution is 2.39. The van der Waals surface area contributed by atoms with E-state index in [4.69, 9.17) is 19.9 Å². The molecule has 0 aromatic heterocycles. The number of rotatable bonds is 3. The fraction of sp³-hybridized carbons (Fsp3) is 0.600. The van der Waals surface area contributed by atoms with Crippen molar-refractivity contribution in [1.82, 2.24) is 0 Å². The second-order valence-corrected chi connectivity index (χ2v) is 5.46. The average Bonchev–Trinajstić information content (AvgIpc) is 2.47. The predicted molar refractivity (Wildman–Crippen MR) is 78.7 cm³/mol. The molecule has 1 aromatic rings.